The van der Waals surface area contributed by atoms with Crippen LogP contribution in [0.25, 0.3) is 21.9 Å². The summed E-state index contributed by atoms with van der Waals surface area (Å²) in [6, 6.07) is 11.5. The molecule has 0 amide bonds. The number of aromatic amines is 1. The highest BCUT2D eigenvalue weighted by atomic mass is 16.1. The van der Waals surface area contributed by atoms with Crippen LogP contribution < -0.4 is 5.56 Å². The maximum absolute atomic E-state index is 11.3. The van der Waals surface area contributed by atoms with Crippen molar-refractivity contribution in [2.75, 3.05) is 0 Å². The number of aromatic nitrogens is 2. The normalized spacial score (nSPS) is 11.1. The third-order valence-electron chi connectivity index (χ3n) is 2.74. The van der Waals surface area contributed by atoms with E-state index < -0.39 is 0 Å². The van der Waals surface area contributed by atoms with Gasteiger partial charge >= 0.3 is 0 Å². The van der Waals surface area contributed by atoms with Gasteiger partial charge in [-0.1, -0.05) is 18.2 Å². The Bertz CT molecular complexity index is 744. The summed E-state index contributed by atoms with van der Waals surface area (Å²) in [5, 5.41) is 2.09. The van der Waals surface area contributed by atoms with Gasteiger partial charge in [0.25, 0.3) is 0 Å². The first-order chi connectivity index (χ1) is 7.74. The Morgan fingerprint density at radius 2 is 2.00 bits per heavy atom. The Hall–Kier alpha value is -2.16. The molecule has 1 N–H and O–H groups in total. The van der Waals surface area contributed by atoms with Crippen molar-refractivity contribution in [1.82, 2.24) is 9.97 Å². The van der Waals surface area contributed by atoms with Crippen molar-refractivity contribution >= 4 is 21.9 Å². The third kappa shape index (κ3) is 1.29. The van der Waals surface area contributed by atoms with E-state index in [-0.39, 0.29) is 5.56 Å². The lowest BCUT2D eigenvalue weighted by atomic mass is 10.1. The van der Waals surface area contributed by atoms with Gasteiger partial charge in [0.2, 0.25) is 5.56 Å². The zero-order valence-electron chi connectivity index (χ0n) is 8.82. The third-order valence-corrected chi connectivity index (χ3v) is 2.74. The minimum Gasteiger partial charge on any atom is -0.307 e. The molecule has 3 heteroatoms. The number of fused-ring (bicyclic) bond motifs is 2. The van der Waals surface area contributed by atoms with Crippen molar-refractivity contribution in [2.24, 2.45) is 0 Å². The van der Waals surface area contributed by atoms with E-state index in [9.17, 15) is 4.79 Å². The SMILES string of the molecule is Cc1cc(=O)[nH]c2nc3ccccc3cc12. The quantitative estimate of drug-likeness (QED) is 0.579. The number of nitrogens with one attached hydrogen (secondary N) is 1. The second kappa shape index (κ2) is 3.17. The molecule has 0 aliphatic heterocycles. The van der Waals surface area contributed by atoms with Crippen LogP contribution in [0.1, 0.15) is 5.56 Å². The molecule has 0 aliphatic carbocycles. The molecular weight excluding hydrogens is 200 g/mol. The van der Waals surface area contributed by atoms with Gasteiger partial charge in [0, 0.05) is 16.8 Å². The lowest BCUT2D eigenvalue weighted by Crippen LogP contribution is -2.05. The number of nitrogens with zero attached hydrogens (tertiary/aromatic N) is 1. The monoisotopic (exact) mass is 210 g/mol. The van der Waals surface area contributed by atoms with Gasteiger partial charge in [-0.3, -0.25) is 4.79 Å². The fraction of sp³-hybridized carbons (Fsp3) is 0.0769. The Kier molecular flexibility index (Phi) is 1.80. The number of aryl methyl sites for hydroxylation is 1. The van der Waals surface area contributed by atoms with Gasteiger partial charge in [0.1, 0.15) is 5.65 Å². The fourth-order valence-electron chi connectivity index (χ4n) is 1.94. The number of para-hydroxylation sites is 1. The summed E-state index contributed by atoms with van der Waals surface area (Å²) in [6.45, 7) is 1.92. The van der Waals surface area contributed by atoms with Crippen LogP contribution in [0.2, 0.25) is 0 Å². The molecule has 78 valence electrons. The van der Waals surface area contributed by atoms with Gasteiger partial charge in [-0.15, -0.1) is 0 Å². The molecule has 2 heterocycles. The van der Waals surface area contributed by atoms with Gasteiger partial charge in [0.15, 0.2) is 0 Å². The van der Waals surface area contributed by atoms with Crippen molar-refractivity contribution in [3.05, 3.63) is 52.3 Å². The molecule has 16 heavy (non-hydrogen) atoms. The maximum Gasteiger partial charge on any atom is 0.249 e. The van der Waals surface area contributed by atoms with E-state index in [1.165, 1.54) is 0 Å². The molecule has 0 radical (unpaired) electrons. The molecule has 0 saturated carbocycles. The predicted molar refractivity (Wildman–Crippen MR) is 64.6 cm³/mol. The first-order valence-electron chi connectivity index (χ1n) is 5.13. The number of rotatable bonds is 0. The van der Waals surface area contributed by atoms with Crippen LogP contribution in [0.4, 0.5) is 0 Å². The lowest BCUT2D eigenvalue weighted by Gasteiger charge is -2.03. The standard InChI is InChI=1S/C13H10N2O/c1-8-6-12(16)15-13-10(8)7-9-4-2-3-5-11(9)14-13/h2-7H,1H3,(H,14,15,16). The van der Waals surface area contributed by atoms with Crippen molar-refractivity contribution in [1.29, 1.82) is 0 Å². The highest BCUT2D eigenvalue weighted by Crippen LogP contribution is 2.19. The average Bonchev–Trinajstić information content (AvgIpc) is 2.27. The minimum atomic E-state index is -0.104. The van der Waals surface area contributed by atoms with Crippen molar-refractivity contribution in [2.45, 2.75) is 6.92 Å². The van der Waals surface area contributed by atoms with E-state index in [0.717, 1.165) is 21.9 Å². The van der Waals surface area contributed by atoms with E-state index in [0.29, 0.717) is 5.65 Å². The van der Waals surface area contributed by atoms with Crippen LogP contribution in [-0.2, 0) is 0 Å². The molecule has 0 atom stereocenters. The van der Waals surface area contributed by atoms with Gasteiger partial charge in [-0.2, -0.15) is 0 Å². The van der Waals surface area contributed by atoms with Crippen LogP contribution in [0.5, 0.6) is 0 Å². The highest BCUT2D eigenvalue weighted by molar-refractivity contribution is 5.92. The fourth-order valence-corrected chi connectivity index (χ4v) is 1.94. The number of pyridine rings is 2. The van der Waals surface area contributed by atoms with E-state index in [2.05, 4.69) is 16.0 Å². The predicted octanol–water partition coefficient (Wildman–Crippen LogP) is 2.38. The molecule has 3 aromatic rings. The zero-order valence-corrected chi connectivity index (χ0v) is 8.82. The largest absolute Gasteiger partial charge is 0.307 e. The van der Waals surface area contributed by atoms with Crippen molar-refractivity contribution < 1.29 is 0 Å². The van der Waals surface area contributed by atoms with E-state index in [1.54, 1.807) is 6.07 Å². The molecule has 0 fully saturated rings. The van der Waals surface area contributed by atoms with E-state index in [1.807, 2.05) is 31.2 Å². The molecule has 0 spiro atoms. The molecule has 1 aromatic carbocycles. The van der Waals surface area contributed by atoms with Crippen LogP contribution in [-0.4, -0.2) is 9.97 Å². The second-order valence-electron chi connectivity index (χ2n) is 3.89. The summed E-state index contributed by atoms with van der Waals surface area (Å²) in [6.07, 6.45) is 0. The molecule has 0 unspecified atom stereocenters. The molecular formula is C13H10N2O. The smallest absolute Gasteiger partial charge is 0.249 e. The zero-order chi connectivity index (χ0) is 11.1. The minimum absolute atomic E-state index is 0.104. The Morgan fingerprint density at radius 3 is 2.88 bits per heavy atom. The first-order valence-corrected chi connectivity index (χ1v) is 5.13. The van der Waals surface area contributed by atoms with Crippen LogP contribution in [0.15, 0.2) is 41.2 Å². The van der Waals surface area contributed by atoms with Gasteiger partial charge in [-0.05, 0) is 24.6 Å². The molecule has 0 saturated heterocycles. The first kappa shape index (κ1) is 9.09. The summed E-state index contributed by atoms with van der Waals surface area (Å²) >= 11 is 0. The summed E-state index contributed by atoms with van der Waals surface area (Å²) in [7, 11) is 0. The van der Waals surface area contributed by atoms with Crippen LogP contribution in [0, 0.1) is 6.92 Å². The Balaban J connectivity index is 2.56. The molecule has 0 aliphatic rings. The maximum atomic E-state index is 11.3. The van der Waals surface area contributed by atoms with E-state index in [4.69, 9.17) is 0 Å². The number of hydrogen-bond donors (Lipinski definition) is 1. The molecule has 3 rings (SSSR count). The van der Waals surface area contributed by atoms with Gasteiger partial charge in [-0.25, -0.2) is 4.98 Å². The Labute approximate surface area is 91.8 Å². The lowest BCUT2D eigenvalue weighted by molar-refractivity contribution is 1.23. The summed E-state index contributed by atoms with van der Waals surface area (Å²) in [5.74, 6) is 0. The van der Waals surface area contributed by atoms with Gasteiger partial charge < -0.3 is 4.98 Å². The van der Waals surface area contributed by atoms with Crippen molar-refractivity contribution in [3.8, 4) is 0 Å². The number of hydrogen-bond acceptors (Lipinski definition) is 2. The number of benzene rings is 1. The van der Waals surface area contributed by atoms with Crippen LogP contribution in [0.3, 0.4) is 0 Å². The summed E-state index contributed by atoms with van der Waals surface area (Å²) in [4.78, 5) is 18.5. The highest BCUT2D eigenvalue weighted by Gasteiger charge is 2.02. The summed E-state index contributed by atoms with van der Waals surface area (Å²) < 4.78 is 0. The topological polar surface area (TPSA) is 45.8 Å². The second-order valence-corrected chi connectivity index (χ2v) is 3.89. The molecule has 3 nitrogen and oxygen atoms in total. The van der Waals surface area contributed by atoms with Crippen LogP contribution >= 0.6 is 0 Å². The molecule has 0 bridgehead atoms. The Morgan fingerprint density at radius 1 is 1.19 bits per heavy atom. The van der Waals surface area contributed by atoms with E-state index >= 15 is 0 Å². The van der Waals surface area contributed by atoms with Gasteiger partial charge in [0.05, 0.1) is 5.52 Å². The summed E-state index contributed by atoms with van der Waals surface area (Å²) in [5.41, 5.74) is 2.41. The average molecular weight is 210 g/mol. The molecule has 2 aromatic heterocycles. The number of H-pyrrole nitrogens is 1. The van der Waals surface area contributed by atoms with Crippen molar-refractivity contribution in [3.63, 3.8) is 0 Å².